The summed E-state index contributed by atoms with van der Waals surface area (Å²) in [5.74, 6) is -0.412. The van der Waals surface area contributed by atoms with Crippen molar-refractivity contribution < 1.29 is 4.79 Å². The summed E-state index contributed by atoms with van der Waals surface area (Å²) in [6, 6.07) is 0. The van der Waals surface area contributed by atoms with E-state index in [1.54, 1.807) is 0 Å². The molecule has 7 heteroatoms. The lowest BCUT2D eigenvalue weighted by Gasteiger charge is -2.08. The number of aromatic nitrogens is 2. The minimum Gasteiger partial charge on any atom is -0.294 e. The summed E-state index contributed by atoms with van der Waals surface area (Å²) < 4.78 is 2.01. The highest BCUT2D eigenvalue weighted by atomic mass is 35.5. The average Bonchev–Trinajstić information content (AvgIpc) is 2.29. The van der Waals surface area contributed by atoms with Gasteiger partial charge in [-0.2, -0.15) is 0 Å². The van der Waals surface area contributed by atoms with E-state index in [1.807, 2.05) is 0 Å². The molecule has 92 valence electrons. The van der Waals surface area contributed by atoms with E-state index in [-0.39, 0.29) is 17.1 Å². The molecule has 0 N–H and O–H groups in total. The van der Waals surface area contributed by atoms with E-state index in [9.17, 15) is 14.4 Å². The lowest BCUT2D eigenvalue weighted by Crippen LogP contribution is -2.40. The lowest BCUT2D eigenvalue weighted by molar-refractivity contribution is 0.101. The number of hydrogen-bond donors (Lipinski definition) is 0. The minimum absolute atomic E-state index is 0.0122. The van der Waals surface area contributed by atoms with Crippen LogP contribution < -0.4 is 11.2 Å². The van der Waals surface area contributed by atoms with Crippen molar-refractivity contribution in [2.45, 2.75) is 13.5 Å². The molecule has 0 amide bonds. The zero-order valence-electron chi connectivity index (χ0n) is 9.24. The number of carbonyl (C=O) groups is 1. The number of ketones is 1. The maximum atomic E-state index is 11.7. The van der Waals surface area contributed by atoms with Crippen molar-refractivity contribution in [3.8, 4) is 0 Å². The molecule has 0 fully saturated rings. The van der Waals surface area contributed by atoms with E-state index in [2.05, 4.69) is 0 Å². The molecule has 5 nitrogen and oxygen atoms in total. The highest BCUT2D eigenvalue weighted by Gasteiger charge is 2.12. The van der Waals surface area contributed by atoms with Crippen molar-refractivity contribution in [3.05, 3.63) is 43.2 Å². The molecule has 17 heavy (non-hydrogen) atoms. The monoisotopic (exact) mass is 276 g/mol. The van der Waals surface area contributed by atoms with Gasteiger partial charge in [-0.3, -0.25) is 18.7 Å². The van der Waals surface area contributed by atoms with Crippen LogP contribution in [0, 0.1) is 0 Å². The van der Waals surface area contributed by atoms with Crippen molar-refractivity contribution in [1.82, 2.24) is 9.13 Å². The van der Waals surface area contributed by atoms with Crippen molar-refractivity contribution in [2.24, 2.45) is 7.05 Å². The average molecular weight is 277 g/mol. The Morgan fingerprint density at radius 1 is 1.47 bits per heavy atom. The van der Waals surface area contributed by atoms with Crippen LogP contribution in [0.5, 0.6) is 0 Å². The summed E-state index contributed by atoms with van der Waals surface area (Å²) in [5, 5.41) is 0.224. The molecule has 0 aliphatic rings. The lowest BCUT2D eigenvalue weighted by atomic mass is 10.2. The van der Waals surface area contributed by atoms with Gasteiger partial charge in [0.2, 0.25) is 0 Å². The third kappa shape index (κ3) is 2.87. The van der Waals surface area contributed by atoms with Gasteiger partial charge in [0.25, 0.3) is 5.56 Å². The summed E-state index contributed by atoms with van der Waals surface area (Å²) in [5.41, 5.74) is -0.125. The number of allylic oxidation sites excluding steroid dienone is 1. The fourth-order valence-electron chi connectivity index (χ4n) is 1.28. The van der Waals surface area contributed by atoms with E-state index in [0.29, 0.717) is 0 Å². The van der Waals surface area contributed by atoms with Crippen LogP contribution in [0.15, 0.2) is 26.4 Å². The molecule has 0 saturated carbocycles. The van der Waals surface area contributed by atoms with E-state index < -0.39 is 17.0 Å². The first-order valence-corrected chi connectivity index (χ1v) is 5.46. The summed E-state index contributed by atoms with van der Waals surface area (Å²) >= 11 is 11.1. The van der Waals surface area contributed by atoms with Gasteiger partial charge in [0, 0.05) is 23.8 Å². The van der Waals surface area contributed by atoms with Gasteiger partial charge in [-0.25, -0.2) is 4.79 Å². The molecule has 0 atom stereocenters. The van der Waals surface area contributed by atoms with E-state index in [4.69, 9.17) is 23.2 Å². The van der Waals surface area contributed by atoms with Gasteiger partial charge >= 0.3 is 5.69 Å². The van der Waals surface area contributed by atoms with Gasteiger partial charge in [0.15, 0.2) is 5.78 Å². The van der Waals surface area contributed by atoms with E-state index >= 15 is 0 Å². The topological polar surface area (TPSA) is 61.1 Å². The van der Waals surface area contributed by atoms with Crippen molar-refractivity contribution >= 4 is 29.0 Å². The highest BCUT2D eigenvalue weighted by Crippen LogP contribution is 2.05. The molecule has 1 aromatic rings. The summed E-state index contributed by atoms with van der Waals surface area (Å²) in [4.78, 5) is 34.5. The quantitative estimate of drug-likeness (QED) is 0.776. The molecule has 0 aliphatic heterocycles. The number of rotatable bonds is 3. The van der Waals surface area contributed by atoms with Crippen molar-refractivity contribution in [2.75, 3.05) is 0 Å². The third-order valence-electron chi connectivity index (χ3n) is 2.17. The Balaban J connectivity index is 3.48. The summed E-state index contributed by atoms with van der Waals surface area (Å²) in [6.07, 6.45) is 1.19. The molecule has 0 unspecified atom stereocenters. The van der Waals surface area contributed by atoms with Crippen LogP contribution in [0.2, 0.25) is 0 Å². The number of halogens is 2. The molecule has 1 aromatic heterocycles. The third-order valence-corrected chi connectivity index (χ3v) is 2.78. The SMILES string of the molecule is CC(=O)c1cn(CC(Cl)=CCl)c(=O)n(C)c1=O. The normalized spacial score (nSPS) is 11.6. The van der Waals surface area contributed by atoms with Gasteiger partial charge in [0.1, 0.15) is 0 Å². The fraction of sp³-hybridized carbons (Fsp3) is 0.300. The summed E-state index contributed by atoms with van der Waals surface area (Å²) in [7, 11) is 1.30. The highest BCUT2D eigenvalue weighted by molar-refractivity contribution is 6.36. The molecule has 0 saturated heterocycles. The Bertz CT molecular complexity index is 599. The predicted molar refractivity (Wildman–Crippen MR) is 65.7 cm³/mol. The van der Waals surface area contributed by atoms with Crippen LogP contribution in [0.25, 0.3) is 0 Å². The smallest absolute Gasteiger partial charge is 0.294 e. The number of hydrogen-bond acceptors (Lipinski definition) is 3. The first-order valence-electron chi connectivity index (χ1n) is 4.64. The summed E-state index contributed by atoms with van der Waals surface area (Å²) in [6.45, 7) is 1.27. The van der Waals surface area contributed by atoms with Gasteiger partial charge < -0.3 is 0 Å². The molecule has 0 bridgehead atoms. The maximum absolute atomic E-state index is 11.7. The maximum Gasteiger partial charge on any atom is 0.331 e. The predicted octanol–water partition coefficient (Wildman–Crippen LogP) is 1.07. The van der Waals surface area contributed by atoms with Crippen LogP contribution in [0.3, 0.4) is 0 Å². The largest absolute Gasteiger partial charge is 0.331 e. The molecule has 0 spiro atoms. The van der Waals surface area contributed by atoms with E-state index in [0.717, 1.165) is 14.7 Å². The molecule has 1 rings (SSSR count). The van der Waals surface area contributed by atoms with Crippen LogP contribution >= 0.6 is 23.2 Å². The molecule has 0 aliphatic carbocycles. The number of carbonyl (C=O) groups excluding carboxylic acids is 1. The second-order valence-electron chi connectivity index (χ2n) is 3.43. The number of Topliss-reactive ketones (excluding diaryl/α,β-unsaturated/α-hetero) is 1. The van der Waals surface area contributed by atoms with Gasteiger partial charge in [-0.05, 0) is 6.92 Å². The Morgan fingerprint density at radius 2 is 2.06 bits per heavy atom. The Kier molecular flexibility index (Phi) is 4.31. The first-order chi connectivity index (χ1) is 7.88. The zero-order valence-corrected chi connectivity index (χ0v) is 10.7. The Labute approximate surface area is 107 Å². The standard InChI is InChI=1S/C10H10Cl2N2O3/c1-6(15)8-5-14(4-7(12)3-11)10(17)13(2)9(8)16/h3,5H,4H2,1-2H3. The van der Waals surface area contributed by atoms with Crippen molar-refractivity contribution in [1.29, 1.82) is 0 Å². The van der Waals surface area contributed by atoms with Crippen molar-refractivity contribution in [3.63, 3.8) is 0 Å². The van der Waals surface area contributed by atoms with Crippen LogP contribution in [0.1, 0.15) is 17.3 Å². The molecule has 1 heterocycles. The zero-order chi connectivity index (χ0) is 13.2. The first kappa shape index (κ1) is 13.7. The van der Waals surface area contributed by atoms with Gasteiger partial charge in [-0.15, -0.1) is 0 Å². The fourth-order valence-corrected chi connectivity index (χ4v) is 1.48. The molecular formula is C10H10Cl2N2O3. The van der Waals surface area contributed by atoms with Gasteiger partial charge in [0.05, 0.1) is 12.1 Å². The van der Waals surface area contributed by atoms with Gasteiger partial charge in [-0.1, -0.05) is 23.2 Å². The van der Waals surface area contributed by atoms with Crippen LogP contribution in [-0.4, -0.2) is 14.9 Å². The second kappa shape index (κ2) is 5.33. The van der Waals surface area contributed by atoms with Crippen LogP contribution in [-0.2, 0) is 13.6 Å². The van der Waals surface area contributed by atoms with Crippen LogP contribution in [0.4, 0.5) is 0 Å². The Hall–Kier alpha value is -1.33. The molecule has 0 radical (unpaired) electrons. The minimum atomic E-state index is -0.621. The number of nitrogens with zero attached hydrogens (tertiary/aromatic N) is 2. The molecule has 0 aromatic carbocycles. The second-order valence-corrected chi connectivity index (χ2v) is 4.13. The van der Waals surface area contributed by atoms with E-state index in [1.165, 1.54) is 20.2 Å². The molecular weight excluding hydrogens is 267 g/mol. The Morgan fingerprint density at radius 3 is 2.53 bits per heavy atom.